The molecular formula is C27H20IN3O8S. The van der Waals surface area contributed by atoms with E-state index in [0.29, 0.717) is 32.8 Å². The lowest BCUT2D eigenvalue weighted by molar-refractivity contribution is -0.384. The fraction of sp³-hybridized carbons (Fsp3) is 0.111. The number of carboxylic acid groups (broad SMARTS) is 1. The number of benzene rings is 3. The topological polar surface area (TPSA) is 148 Å². The molecule has 0 spiro atoms. The first kappa shape index (κ1) is 28.6. The van der Waals surface area contributed by atoms with Crippen LogP contribution in [-0.4, -0.2) is 39.5 Å². The van der Waals surface area contributed by atoms with Crippen molar-refractivity contribution >= 4 is 75.2 Å². The van der Waals surface area contributed by atoms with Gasteiger partial charge in [-0.05, 0) is 101 Å². The molecule has 204 valence electrons. The zero-order valence-corrected chi connectivity index (χ0v) is 23.7. The van der Waals surface area contributed by atoms with Crippen LogP contribution in [0, 0.1) is 13.7 Å². The first-order valence-electron chi connectivity index (χ1n) is 11.7. The second-order valence-corrected chi connectivity index (χ2v) is 9.84. The summed E-state index contributed by atoms with van der Waals surface area (Å²) >= 11 is 7.24. The number of nitro groups is 1. The fourth-order valence-corrected chi connectivity index (χ4v) is 4.84. The fourth-order valence-electron chi connectivity index (χ4n) is 3.78. The van der Waals surface area contributed by atoms with Gasteiger partial charge in [0.1, 0.15) is 12.2 Å². The minimum atomic E-state index is -1.18. The van der Waals surface area contributed by atoms with Gasteiger partial charge in [0.05, 0.1) is 26.4 Å². The van der Waals surface area contributed by atoms with E-state index >= 15 is 0 Å². The van der Waals surface area contributed by atoms with Crippen molar-refractivity contribution in [3.05, 3.63) is 96.6 Å². The second-order valence-electron chi connectivity index (χ2n) is 8.29. The van der Waals surface area contributed by atoms with Crippen molar-refractivity contribution in [1.82, 2.24) is 5.32 Å². The Kier molecular flexibility index (Phi) is 8.74. The molecular weight excluding hydrogens is 653 g/mol. The van der Waals surface area contributed by atoms with Gasteiger partial charge in [-0.1, -0.05) is 6.07 Å². The predicted octanol–water partition coefficient (Wildman–Crippen LogP) is 4.71. The molecule has 2 N–H and O–H groups in total. The molecule has 11 nitrogen and oxygen atoms in total. The Hall–Kier alpha value is -4.37. The lowest BCUT2D eigenvalue weighted by Crippen LogP contribution is -2.54. The number of amides is 2. The Bertz CT molecular complexity index is 1570. The SMILES string of the molecule is CCOc1cc(C=C2C(=O)NC(=S)N(c3cccc(C(=O)O)c3)C2=O)cc(I)c1OCc1ccc([N+](=O)[O-])cc1. The smallest absolute Gasteiger partial charge is 0.335 e. The van der Waals surface area contributed by atoms with Crippen molar-refractivity contribution in [2.45, 2.75) is 13.5 Å². The maximum Gasteiger partial charge on any atom is 0.335 e. The van der Waals surface area contributed by atoms with E-state index in [2.05, 4.69) is 5.32 Å². The van der Waals surface area contributed by atoms with Crippen LogP contribution in [0.1, 0.15) is 28.4 Å². The molecule has 0 aliphatic carbocycles. The summed E-state index contributed by atoms with van der Waals surface area (Å²) in [5.74, 6) is -1.80. The summed E-state index contributed by atoms with van der Waals surface area (Å²) < 4.78 is 12.4. The molecule has 0 aromatic heterocycles. The molecule has 1 saturated heterocycles. The normalized spacial score (nSPS) is 14.2. The Morgan fingerprint density at radius 2 is 1.88 bits per heavy atom. The number of nitro benzene ring substituents is 1. The summed E-state index contributed by atoms with van der Waals surface area (Å²) in [5.41, 5.74) is 1.09. The van der Waals surface area contributed by atoms with Gasteiger partial charge in [0.2, 0.25) is 0 Å². The molecule has 3 aromatic rings. The number of nitrogens with zero attached hydrogens (tertiary/aromatic N) is 2. The van der Waals surface area contributed by atoms with Crippen LogP contribution >= 0.6 is 34.8 Å². The summed E-state index contributed by atoms with van der Waals surface area (Å²) in [7, 11) is 0. The number of rotatable bonds is 9. The molecule has 1 aliphatic rings. The van der Waals surface area contributed by atoms with Crippen molar-refractivity contribution < 1.29 is 33.9 Å². The number of halogens is 1. The number of ether oxygens (including phenoxy) is 2. The number of anilines is 1. The van der Waals surface area contributed by atoms with Crippen LogP contribution in [-0.2, 0) is 16.2 Å². The summed E-state index contributed by atoms with van der Waals surface area (Å²) in [4.78, 5) is 49.0. The minimum Gasteiger partial charge on any atom is -0.490 e. The van der Waals surface area contributed by atoms with Crippen LogP contribution in [0.2, 0.25) is 0 Å². The van der Waals surface area contributed by atoms with E-state index < -0.39 is 22.7 Å². The van der Waals surface area contributed by atoms with Crippen LogP contribution in [0.15, 0.2) is 66.2 Å². The second kappa shape index (κ2) is 12.2. The Balaban J connectivity index is 1.64. The summed E-state index contributed by atoms with van der Waals surface area (Å²) in [6.45, 7) is 2.23. The molecule has 13 heteroatoms. The van der Waals surface area contributed by atoms with E-state index in [4.69, 9.17) is 21.7 Å². The van der Waals surface area contributed by atoms with Gasteiger partial charge < -0.3 is 14.6 Å². The molecule has 0 saturated carbocycles. The van der Waals surface area contributed by atoms with Crippen LogP contribution in [0.4, 0.5) is 11.4 Å². The van der Waals surface area contributed by atoms with E-state index in [9.17, 15) is 29.6 Å². The molecule has 0 unspecified atom stereocenters. The van der Waals surface area contributed by atoms with Crippen molar-refractivity contribution in [3.63, 3.8) is 0 Å². The molecule has 0 radical (unpaired) electrons. The number of aromatic carboxylic acids is 1. The van der Waals surface area contributed by atoms with E-state index in [1.54, 1.807) is 31.2 Å². The molecule has 40 heavy (non-hydrogen) atoms. The largest absolute Gasteiger partial charge is 0.490 e. The van der Waals surface area contributed by atoms with Gasteiger partial charge in [0, 0.05) is 12.1 Å². The van der Waals surface area contributed by atoms with E-state index in [0.717, 1.165) is 4.90 Å². The van der Waals surface area contributed by atoms with Crippen LogP contribution in [0.3, 0.4) is 0 Å². The average Bonchev–Trinajstić information content (AvgIpc) is 2.91. The zero-order chi connectivity index (χ0) is 29.0. The first-order valence-corrected chi connectivity index (χ1v) is 13.1. The predicted molar refractivity (Wildman–Crippen MR) is 157 cm³/mol. The van der Waals surface area contributed by atoms with Gasteiger partial charge in [-0.25, -0.2) is 4.79 Å². The molecule has 0 bridgehead atoms. The maximum absolute atomic E-state index is 13.4. The van der Waals surface area contributed by atoms with E-state index in [-0.39, 0.29) is 34.2 Å². The summed E-state index contributed by atoms with van der Waals surface area (Å²) in [6, 6.07) is 14.9. The number of thiocarbonyl (C=S) groups is 1. The molecule has 3 aromatic carbocycles. The Morgan fingerprint density at radius 1 is 1.15 bits per heavy atom. The average molecular weight is 673 g/mol. The van der Waals surface area contributed by atoms with Crippen LogP contribution in [0.25, 0.3) is 6.08 Å². The monoisotopic (exact) mass is 673 g/mol. The number of nitrogens with one attached hydrogen (secondary N) is 1. The van der Waals surface area contributed by atoms with E-state index in [1.807, 2.05) is 22.6 Å². The highest BCUT2D eigenvalue weighted by molar-refractivity contribution is 14.1. The number of carboxylic acids is 1. The third-order valence-corrected chi connectivity index (χ3v) is 6.71. The van der Waals surface area contributed by atoms with Gasteiger partial charge in [-0.2, -0.15) is 0 Å². The van der Waals surface area contributed by atoms with Gasteiger partial charge >= 0.3 is 5.97 Å². The minimum absolute atomic E-state index is 0.0269. The number of carbonyl (C=O) groups is 3. The highest BCUT2D eigenvalue weighted by Gasteiger charge is 2.35. The summed E-state index contributed by atoms with van der Waals surface area (Å²) in [5, 5.41) is 22.5. The maximum atomic E-state index is 13.4. The third-order valence-electron chi connectivity index (χ3n) is 5.63. The zero-order valence-electron chi connectivity index (χ0n) is 20.8. The van der Waals surface area contributed by atoms with Crippen LogP contribution in [0.5, 0.6) is 11.5 Å². The number of non-ortho nitro benzene ring substituents is 1. The van der Waals surface area contributed by atoms with E-state index in [1.165, 1.54) is 42.5 Å². The molecule has 4 rings (SSSR count). The van der Waals surface area contributed by atoms with Gasteiger partial charge in [-0.15, -0.1) is 0 Å². The highest BCUT2D eigenvalue weighted by Crippen LogP contribution is 2.36. The van der Waals surface area contributed by atoms with Gasteiger partial charge in [-0.3, -0.25) is 29.9 Å². The lowest BCUT2D eigenvalue weighted by atomic mass is 10.1. The first-order chi connectivity index (χ1) is 19.1. The highest BCUT2D eigenvalue weighted by atomic mass is 127. The third kappa shape index (κ3) is 6.26. The van der Waals surface area contributed by atoms with Crippen molar-refractivity contribution in [2.24, 2.45) is 0 Å². The van der Waals surface area contributed by atoms with Crippen molar-refractivity contribution in [2.75, 3.05) is 11.5 Å². The molecule has 2 amide bonds. The molecule has 1 fully saturated rings. The number of hydrogen-bond acceptors (Lipinski definition) is 8. The molecule has 1 heterocycles. The number of carbonyl (C=O) groups excluding carboxylic acids is 2. The Morgan fingerprint density at radius 3 is 2.52 bits per heavy atom. The van der Waals surface area contributed by atoms with Crippen molar-refractivity contribution in [1.29, 1.82) is 0 Å². The molecule has 1 aliphatic heterocycles. The quantitative estimate of drug-likeness (QED) is 0.0823. The van der Waals surface area contributed by atoms with Crippen LogP contribution < -0.4 is 19.7 Å². The molecule has 0 atom stereocenters. The van der Waals surface area contributed by atoms with Gasteiger partial charge in [0.25, 0.3) is 17.5 Å². The number of hydrogen-bond donors (Lipinski definition) is 2. The van der Waals surface area contributed by atoms with Crippen molar-refractivity contribution in [3.8, 4) is 11.5 Å². The standard InChI is InChI=1S/C27H20IN3O8S/c1-2-38-22-12-16(11-21(28)23(22)39-14-15-6-8-18(9-7-15)31(36)37)10-20-24(32)29-27(40)30(25(20)33)19-5-3-4-17(13-19)26(34)35/h3-13H,2,14H2,1H3,(H,34,35)(H,29,32,40). The lowest BCUT2D eigenvalue weighted by Gasteiger charge is -2.29. The Labute approximate surface area is 246 Å². The summed E-state index contributed by atoms with van der Waals surface area (Å²) in [6.07, 6.45) is 1.39. The van der Waals surface area contributed by atoms with Gasteiger partial charge in [0.15, 0.2) is 16.6 Å².